The van der Waals surface area contributed by atoms with E-state index in [1.54, 1.807) is 0 Å². The average Bonchev–Trinajstić information content (AvgIpc) is 2.32. The first-order valence-electron chi connectivity index (χ1n) is 6.15. The van der Waals surface area contributed by atoms with Gasteiger partial charge < -0.3 is 15.4 Å². The number of anilines is 1. The number of nitrogens with two attached hydrogens (primary N) is 1. The molecule has 94 valence electrons. The Kier molecular flexibility index (Phi) is 3.64. The highest BCUT2D eigenvalue weighted by atomic mass is 16.5. The molecule has 2 rings (SSSR count). The van der Waals surface area contributed by atoms with Gasteiger partial charge in [0, 0.05) is 19.3 Å². The summed E-state index contributed by atoms with van der Waals surface area (Å²) in [6.07, 6.45) is 2.14. The van der Waals surface area contributed by atoms with Crippen LogP contribution in [-0.4, -0.2) is 30.3 Å². The summed E-state index contributed by atoms with van der Waals surface area (Å²) < 4.78 is 5.64. The minimum absolute atomic E-state index is 0.265. The summed E-state index contributed by atoms with van der Waals surface area (Å²) >= 11 is 0. The SMILES string of the molecule is Cc1cc(CN)cnc1N1CC(C)OCC1C. The van der Waals surface area contributed by atoms with E-state index in [1.807, 2.05) is 6.20 Å². The van der Waals surface area contributed by atoms with Crippen molar-refractivity contribution in [3.63, 3.8) is 0 Å². The van der Waals surface area contributed by atoms with E-state index in [2.05, 4.69) is 36.7 Å². The number of pyridine rings is 1. The van der Waals surface area contributed by atoms with E-state index in [1.165, 1.54) is 5.56 Å². The molecule has 1 aliphatic rings. The van der Waals surface area contributed by atoms with Crippen molar-refractivity contribution in [3.05, 3.63) is 23.4 Å². The fraction of sp³-hybridized carbons (Fsp3) is 0.615. The Morgan fingerprint density at radius 2 is 2.29 bits per heavy atom. The number of morpholine rings is 1. The Hall–Kier alpha value is -1.13. The first-order valence-corrected chi connectivity index (χ1v) is 6.15. The summed E-state index contributed by atoms with van der Waals surface area (Å²) in [5, 5.41) is 0. The van der Waals surface area contributed by atoms with Gasteiger partial charge in [0.25, 0.3) is 0 Å². The molecule has 2 unspecified atom stereocenters. The number of ether oxygens (including phenoxy) is 1. The molecular weight excluding hydrogens is 214 g/mol. The molecule has 2 heterocycles. The highest BCUT2D eigenvalue weighted by molar-refractivity contribution is 5.48. The van der Waals surface area contributed by atoms with Crippen LogP contribution in [0, 0.1) is 6.92 Å². The van der Waals surface area contributed by atoms with Crippen LogP contribution in [0.5, 0.6) is 0 Å². The highest BCUT2D eigenvalue weighted by Crippen LogP contribution is 2.23. The predicted molar refractivity (Wildman–Crippen MR) is 69.1 cm³/mol. The molecule has 1 aromatic heterocycles. The van der Waals surface area contributed by atoms with Gasteiger partial charge in [0.05, 0.1) is 18.8 Å². The van der Waals surface area contributed by atoms with Crippen molar-refractivity contribution in [1.82, 2.24) is 4.98 Å². The lowest BCUT2D eigenvalue weighted by Crippen LogP contribution is -2.48. The van der Waals surface area contributed by atoms with Crippen LogP contribution in [0.3, 0.4) is 0 Å². The standard InChI is InChI=1S/C13H21N3O/c1-9-4-12(5-14)6-15-13(9)16-7-11(3)17-8-10(16)2/h4,6,10-11H,5,7-8,14H2,1-3H3. The van der Waals surface area contributed by atoms with Crippen molar-refractivity contribution in [3.8, 4) is 0 Å². The second-order valence-corrected chi connectivity index (χ2v) is 4.83. The molecule has 4 heteroatoms. The van der Waals surface area contributed by atoms with Gasteiger partial charge in [-0.15, -0.1) is 0 Å². The summed E-state index contributed by atoms with van der Waals surface area (Å²) in [6.45, 7) is 8.57. The molecule has 0 aromatic carbocycles. The monoisotopic (exact) mass is 235 g/mol. The van der Waals surface area contributed by atoms with Crippen LogP contribution in [-0.2, 0) is 11.3 Å². The van der Waals surface area contributed by atoms with Gasteiger partial charge in [-0.2, -0.15) is 0 Å². The van der Waals surface area contributed by atoms with E-state index in [-0.39, 0.29) is 6.10 Å². The maximum absolute atomic E-state index is 5.64. The van der Waals surface area contributed by atoms with Crippen LogP contribution < -0.4 is 10.6 Å². The highest BCUT2D eigenvalue weighted by Gasteiger charge is 2.25. The maximum Gasteiger partial charge on any atom is 0.131 e. The number of hydrogen-bond donors (Lipinski definition) is 1. The van der Waals surface area contributed by atoms with Crippen LogP contribution >= 0.6 is 0 Å². The van der Waals surface area contributed by atoms with Crippen LogP contribution in [0.15, 0.2) is 12.3 Å². The Morgan fingerprint density at radius 3 is 2.94 bits per heavy atom. The third-order valence-electron chi connectivity index (χ3n) is 3.22. The molecule has 2 atom stereocenters. The topological polar surface area (TPSA) is 51.4 Å². The molecule has 2 N–H and O–H groups in total. The number of aromatic nitrogens is 1. The molecule has 0 aliphatic carbocycles. The van der Waals surface area contributed by atoms with E-state index in [0.29, 0.717) is 12.6 Å². The molecule has 1 aliphatic heterocycles. The second-order valence-electron chi connectivity index (χ2n) is 4.83. The number of hydrogen-bond acceptors (Lipinski definition) is 4. The van der Waals surface area contributed by atoms with Crippen LogP contribution in [0.2, 0.25) is 0 Å². The normalized spacial score (nSPS) is 25.1. The first-order chi connectivity index (χ1) is 8.11. The van der Waals surface area contributed by atoms with Crippen LogP contribution in [0.4, 0.5) is 5.82 Å². The lowest BCUT2D eigenvalue weighted by Gasteiger charge is -2.38. The van der Waals surface area contributed by atoms with E-state index in [4.69, 9.17) is 10.5 Å². The Labute approximate surface area is 103 Å². The summed E-state index contributed by atoms with van der Waals surface area (Å²) in [7, 11) is 0. The number of aryl methyl sites for hydroxylation is 1. The van der Waals surface area contributed by atoms with Gasteiger partial charge in [0.2, 0.25) is 0 Å². The van der Waals surface area contributed by atoms with Crippen molar-refractivity contribution >= 4 is 5.82 Å². The van der Waals surface area contributed by atoms with E-state index in [9.17, 15) is 0 Å². The molecule has 0 saturated carbocycles. The summed E-state index contributed by atoms with van der Waals surface area (Å²) in [6, 6.07) is 2.50. The largest absolute Gasteiger partial charge is 0.375 e. The van der Waals surface area contributed by atoms with Gasteiger partial charge in [-0.1, -0.05) is 0 Å². The zero-order valence-corrected chi connectivity index (χ0v) is 10.8. The molecule has 0 bridgehead atoms. The van der Waals surface area contributed by atoms with Crippen LogP contribution in [0.25, 0.3) is 0 Å². The molecule has 1 fully saturated rings. The van der Waals surface area contributed by atoms with Crippen molar-refractivity contribution in [2.75, 3.05) is 18.1 Å². The van der Waals surface area contributed by atoms with Crippen molar-refractivity contribution in [2.45, 2.75) is 39.5 Å². The van der Waals surface area contributed by atoms with E-state index < -0.39 is 0 Å². The minimum Gasteiger partial charge on any atom is -0.375 e. The third-order valence-corrected chi connectivity index (χ3v) is 3.22. The third kappa shape index (κ3) is 2.58. The fourth-order valence-electron chi connectivity index (χ4n) is 2.24. The Balaban J connectivity index is 2.26. The Morgan fingerprint density at radius 1 is 1.53 bits per heavy atom. The predicted octanol–water partition coefficient (Wildman–Crippen LogP) is 1.46. The number of nitrogens with zero attached hydrogens (tertiary/aromatic N) is 2. The molecule has 17 heavy (non-hydrogen) atoms. The van der Waals surface area contributed by atoms with Crippen molar-refractivity contribution in [1.29, 1.82) is 0 Å². The van der Waals surface area contributed by atoms with Gasteiger partial charge in [-0.3, -0.25) is 0 Å². The fourth-order valence-corrected chi connectivity index (χ4v) is 2.24. The van der Waals surface area contributed by atoms with Gasteiger partial charge >= 0.3 is 0 Å². The molecule has 0 amide bonds. The molecule has 1 aromatic rings. The smallest absolute Gasteiger partial charge is 0.131 e. The molecular formula is C13H21N3O. The maximum atomic E-state index is 5.64. The second kappa shape index (κ2) is 5.02. The minimum atomic E-state index is 0.265. The van der Waals surface area contributed by atoms with E-state index >= 15 is 0 Å². The molecule has 4 nitrogen and oxygen atoms in total. The summed E-state index contributed by atoms with van der Waals surface area (Å²) in [4.78, 5) is 6.87. The van der Waals surface area contributed by atoms with Crippen LogP contribution in [0.1, 0.15) is 25.0 Å². The first kappa shape index (κ1) is 12.3. The summed E-state index contributed by atoms with van der Waals surface area (Å²) in [5.74, 6) is 1.06. The molecule has 0 radical (unpaired) electrons. The van der Waals surface area contributed by atoms with Gasteiger partial charge in [0.1, 0.15) is 5.82 Å². The lowest BCUT2D eigenvalue weighted by atomic mass is 10.1. The molecule has 1 saturated heterocycles. The van der Waals surface area contributed by atoms with Crippen molar-refractivity contribution < 1.29 is 4.74 Å². The van der Waals surface area contributed by atoms with E-state index in [0.717, 1.165) is 24.5 Å². The van der Waals surface area contributed by atoms with Gasteiger partial charge in [-0.05, 0) is 38.0 Å². The van der Waals surface area contributed by atoms with Crippen molar-refractivity contribution in [2.24, 2.45) is 5.73 Å². The average molecular weight is 235 g/mol. The van der Waals surface area contributed by atoms with Gasteiger partial charge in [-0.25, -0.2) is 4.98 Å². The number of rotatable bonds is 2. The van der Waals surface area contributed by atoms with Gasteiger partial charge in [0.15, 0.2) is 0 Å². The Bertz CT molecular complexity index is 394. The molecule has 0 spiro atoms. The lowest BCUT2D eigenvalue weighted by molar-refractivity contribution is 0.0340. The zero-order chi connectivity index (χ0) is 12.4. The zero-order valence-electron chi connectivity index (χ0n) is 10.8. The summed E-state index contributed by atoms with van der Waals surface area (Å²) in [5.41, 5.74) is 7.90. The quantitative estimate of drug-likeness (QED) is 0.843.